The third-order valence-electron chi connectivity index (χ3n) is 6.59. The lowest BCUT2D eigenvalue weighted by Crippen LogP contribution is -2.44. The van der Waals surface area contributed by atoms with Crippen LogP contribution in [0, 0.1) is 16.7 Å². The van der Waals surface area contributed by atoms with E-state index in [2.05, 4.69) is 41.8 Å². The van der Waals surface area contributed by atoms with Crippen LogP contribution in [0.3, 0.4) is 0 Å². The summed E-state index contributed by atoms with van der Waals surface area (Å²) < 4.78 is 7.36. The molecule has 0 unspecified atom stereocenters. The highest BCUT2D eigenvalue weighted by atomic mass is 16.5. The van der Waals surface area contributed by atoms with E-state index in [0.29, 0.717) is 16.9 Å². The fraction of sp³-hybridized carbons (Fsp3) is 1.00. The van der Waals surface area contributed by atoms with Gasteiger partial charge in [0.05, 0.1) is 33.4 Å². The summed E-state index contributed by atoms with van der Waals surface area (Å²) in [5, 5.41) is 0. The standard InChI is InChI=1S/C16H32NO/c1-7-17(5,6)10-11-18-14-12-13-8-9-16(14,4)15(13,2)3/h13-14H,7-12H2,1-6H3/q+1/t13-,14-,16-/m1/s1. The second-order valence-corrected chi connectivity index (χ2v) is 7.95. The van der Waals surface area contributed by atoms with Crippen LogP contribution < -0.4 is 0 Å². The number of rotatable bonds is 5. The molecule has 0 aromatic heterocycles. The molecular formula is C16H32NO+. The lowest BCUT2D eigenvalue weighted by atomic mass is 9.70. The number of ether oxygens (including phenoxy) is 1. The van der Waals surface area contributed by atoms with Gasteiger partial charge in [-0.3, -0.25) is 0 Å². The van der Waals surface area contributed by atoms with Gasteiger partial charge in [-0.15, -0.1) is 0 Å². The molecule has 2 rings (SSSR count). The van der Waals surface area contributed by atoms with Crippen molar-refractivity contribution in [3.63, 3.8) is 0 Å². The molecule has 18 heavy (non-hydrogen) atoms. The maximum Gasteiger partial charge on any atom is 0.102 e. The van der Waals surface area contributed by atoms with E-state index in [4.69, 9.17) is 4.74 Å². The molecular weight excluding hydrogens is 222 g/mol. The minimum absolute atomic E-state index is 0.418. The Balaban J connectivity index is 1.90. The minimum atomic E-state index is 0.418. The summed E-state index contributed by atoms with van der Waals surface area (Å²) in [4.78, 5) is 0. The fourth-order valence-corrected chi connectivity index (χ4v) is 3.98. The zero-order valence-corrected chi connectivity index (χ0v) is 13.3. The summed E-state index contributed by atoms with van der Waals surface area (Å²) in [5.74, 6) is 0.890. The Bertz CT molecular complexity index is 310. The molecule has 0 aromatic carbocycles. The van der Waals surface area contributed by atoms with Gasteiger partial charge in [0.1, 0.15) is 6.54 Å². The highest BCUT2D eigenvalue weighted by Crippen LogP contribution is 2.66. The Hall–Kier alpha value is -0.0800. The number of likely N-dealkylation sites (N-methyl/N-ethyl adjacent to an activating group) is 1. The number of hydrogen-bond acceptors (Lipinski definition) is 1. The number of nitrogens with zero attached hydrogens (tertiary/aromatic N) is 1. The summed E-state index contributed by atoms with van der Waals surface area (Å²) in [6, 6.07) is 0. The van der Waals surface area contributed by atoms with Crippen molar-refractivity contribution >= 4 is 0 Å². The smallest absolute Gasteiger partial charge is 0.102 e. The Morgan fingerprint density at radius 1 is 1.22 bits per heavy atom. The average molecular weight is 254 g/mol. The van der Waals surface area contributed by atoms with Gasteiger partial charge in [-0.25, -0.2) is 0 Å². The Morgan fingerprint density at radius 3 is 2.33 bits per heavy atom. The van der Waals surface area contributed by atoms with Crippen molar-refractivity contribution in [2.75, 3.05) is 33.8 Å². The van der Waals surface area contributed by atoms with Crippen LogP contribution in [0.25, 0.3) is 0 Å². The summed E-state index contributed by atoms with van der Waals surface area (Å²) >= 11 is 0. The zero-order valence-electron chi connectivity index (χ0n) is 13.3. The molecule has 2 nitrogen and oxygen atoms in total. The van der Waals surface area contributed by atoms with Crippen molar-refractivity contribution in [2.24, 2.45) is 16.7 Å². The molecule has 0 spiro atoms. The van der Waals surface area contributed by atoms with Gasteiger partial charge in [-0.05, 0) is 42.9 Å². The molecule has 2 aliphatic carbocycles. The minimum Gasteiger partial charge on any atom is -0.372 e. The fourth-order valence-electron chi connectivity index (χ4n) is 3.98. The highest BCUT2D eigenvalue weighted by molar-refractivity contribution is 5.11. The van der Waals surface area contributed by atoms with Gasteiger partial charge < -0.3 is 9.22 Å². The largest absolute Gasteiger partial charge is 0.372 e. The second kappa shape index (κ2) is 4.49. The molecule has 0 amide bonds. The lowest BCUT2D eigenvalue weighted by Gasteiger charge is -2.39. The average Bonchev–Trinajstić information content (AvgIpc) is 2.62. The summed E-state index contributed by atoms with van der Waals surface area (Å²) in [6.07, 6.45) is 4.58. The van der Waals surface area contributed by atoms with Crippen LogP contribution in [-0.2, 0) is 4.74 Å². The summed E-state index contributed by atoms with van der Waals surface area (Å²) in [5.41, 5.74) is 0.897. The number of hydrogen-bond donors (Lipinski definition) is 0. The monoisotopic (exact) mass is 254 g/mol. The van der Waals surface area contributed by atoms with Crippen LogP contribution in [0.1, 0.15) is 47.0 Å². The van der Waals surface area contributed by atoms with Crippen molar-refractivity contribution in [2.45, 2.75) is 53.1 Å². The van der Waals surface area contributed by atoms with Crippen molar-refractivity contribution in [1.29, 1.82) is 0 Å². The Labute approximate surface area is 113 Å². The van der Waals surface area contributed by atoms with Crippen molar-refractivity contribution < 1.29 is 9.22 Å². The first-order chi connectivity index (χ1) is 8.23. The van der Waals surface area contributed by atoms with Gasteiger partial charge in [0.25, 0.3) is 0 Å². The normalized spacial score (nSPS) is 38.3. The Kier molecular flexibility index (Phi) is 3.57. The van der Waals surface area contributed by atoms with E-state index >= 15 is 0 Å². The maximum absolute atomic E-state index is 6.30. The van der Waals surface area contributed by atoms with Crippen LogP contribution >= 0.6 is 0 Å². The molecule has 2 fully saturated rings. The van der Waals surface area contributed by atoms with Crippen molar-refractivity contribution in [3.05, 3.63) is 0 Å². The summed E-state index contributed by atoms with van der Waals surface area (Å²) in [6.45, 7) is 12.9. The molecule has 0 aromatic rings. The quantitative estimate of drug-likeness (QED) is 0.684. The molecule has 0 N–H and O–H groups in total. The molecule has 0 aliphatic heterocycles. The first-order valence-corrected chi connectivity index (χ1v) is 7.66. The van der Waals surface area contributed by atoms with E-state index in [0.717, 1.165) is 23.6 Å². The predicted molar refractivity (Wildman–Crippen MR) is 76.5 cm³/mol. The van der Waals surface area contributed by atoms with Crippen molar-refractivity contribution in [1.82, 2.24) is 0 Å². The van der Waals surface area contributed by atoms with Gasteiger partial charge in [-0.1, -0.05) is 20.8 Å². The molecule has 0 radical (unpaired) electrons. The third kappa shape index (κ3) is 2.12. The van der Waals surface area contributed by atoms with E-state index in [1.807, 2.05) is 0 Å². The molecule has 2 bridgehead atoms. The van der Waals surface area contributed by atoms with Crippen LogP contribution in [0.2, 0.25) is 0 Å². The maximum atomic E-state index is 6.30. The van der Waals surface area contributed by atoms with Gasteiger partial charge in [-0.2, -0.15) is 0 Å². The van der Waals surface area contributed by atoms with Crippen LogP contribution in [-0.4, -0.2) is 44.4 Å². The molecule has 3 atom stereocenters. The second-order valence-electron chi connectivity index (χ2n) is 7.95. The van der Waals surface area contributed by atoms with Gasteiger partial charge in [0.15, 0.2) is 0 Å². The molecule has 2 aliphatic rings. The first-order valence-electron chi connectivity index (χ1n) is 7.66. The molecule has 106 valence electrons. The van der Waals surface area contributed by atoms with Crippen LogP contribution in [0.15, 0.2) is 0 Å². The molecule has 0 heterocycles. The van der Waals surface area contributed by atoms with Gasteiger partial charge in [0.2, 0.25) is 0 Å². The van der Waals surface area contributed by atoms with E-state index in [9.17, 15) is 0 Å². The molecule has 2 heteroatoms. The number of fused-ring (bicyclic) bond motifs is 2. The van der Waals surface area contributed by atoms with Gasteiger partial charge >= 0.3 is 0 Å². The third-order valence-corrected chi connectivity index (χ3v) is 6.59. The lowest BCUT2D eigenvalue weighted by molar-refractivity contribution is -0.889. The van der Waals surface area contributed by atoms with E-state index in [-0.39, 0.29) is 0 Å². The summed E-state index contributed by atoms with van der Waals surface area (Å²) in [7, 11) is 4.58. The Morgan fingerprint density at radius 2 is 1.89 bits per heavy atom. The predicted octanol–water partition coefficient (Wildman–Crippen LogP) is 3.31. The molecule has 2 saturated carbocycles. The van der Waals surface area contributed by atoms with Crippen molar-refractivity contribution in [3.8, 4) is 0 Å². The van der Waals surface area contributed by atoms with Gasteiger partial charge in [0, 0.05) is 0 Å². The first kappa shape index (κ1) is 14.3. The van der Waals surface area contributed by atoms with E-state index < -0.39 is 0 Å². The van der Waals surface area contributed by atoms with E-state index in [1.54, 1.807) is 0 Å². The topological polar surface area (TPSA) is 9.23 Å². The molecule has 0 saturated heterocycles. The van der Waals surface area contributed by atoms with Crippen LogP contribution in [0.5, 0.6) is 0 Å². The number of quaternary nitrogens is 1. The van der Waals surface area contributed by atoms with E-state index in [1.165, 1.54) is 25.8 Å². The SMILES string of the molecule is CC[N+](C)(C)CCO[C@@H]1C[C@H]2CC[C@@]1(C)C2(C)C. The highest BCUT2D eigenvalue weighted by Gasteiger charge is 2.61. The van der Waals surface area contributed by atoms with Crippen LogP contribution in [0.4, 0.5) is 0 Å². The zero-order chi connectivity index (χ0) is 13.6.